The van der Waals surface area contributed by atoms with Crippen LogP contribution in [0.15, 0.2) is 48.5 Å². The van der Waals surface area contributed by atoms with E-state index in [1.165, 1.54) is 6.42 Å². The molecule has 0 aromatic heterocycles. The summed E-state index contributed by atoms with van der Waals surface area (Å²) in [7, 11) is 4.23. The minimum Gasteiger partial charge on any atom is -0.508 e. The number of benzene rings is 2. The molecule has 1 amide bonds. The van der Waals surface area contributed by atoms with E-state index in [0.717, 1.165) is 36.1 Å². The number of hydrogen-bond acceptors (Lipinski definition) is 8. The summed E-state index contributed by atoms with van der Waals surface area (Å²) < 4.78 is 0. The summed E-state index contributed by atoms with van der Waals surface area (Å²) in [5.74, 6) is 1.15. The van der Waals surface area contributed by atoms with E-state index in [2.05, 4.69) is 101 Å². The van der Waals surface area contributed by atoms with Gasteiger partial charge in [-0.15, -0.1) is 0 Å². The maximum Gasteiger partial charge on any atom is 0.240 e. The van der Waals surface area contributed by atoms with Crippen LogP contribution in [0.3, 0.4) is 0 Å². The average molecular weight is 693 g/mol. The Balaban J connectivity index is 1.37. The summed E-state index contributed by atoms with van der Waals surface area (Å²) in [5, 5.41) is 36.5. The number of hydroxylamine groups is 2. The first-order valence-corrected chi connectivity index (χ1v) is 18.7. The van der Waals surface area contributed by atoms with Gasteiger partial charge in [0.15, 0.2) is 0 Å². The molecule has 9 nitrogen and oxygen atoms in total. The Morgan fingerprint density at radius 2 is 1.70 bits per heavy atom. The van der Waals surface area contributed by atoms with Crippen molar-refractivity contribution in [1.29, 1.82) is 0 Å². The average Bonchev–Trinajstić information content (AvgIpc) is 3.39. The van der Waals surface area contributed by atoms with Gasteiger partial charge in [0, 0.05) is 37.6 Å². The highest BCUT2D eigenvalue weighted by Crippen LogP contribution is 2.61. The van der Waals surface area contributed by atoms with Crippen molar-refractivity contribution in [3.05, 3.63) is 65.2 Å². The molecule has 278 valence electrons. The third-order valence-electron chi connectivity index (χ3n) is 12.0. The largest absolute Gasteiger partial charge is 0.508 e. The molecule has 4 N–H and O–H groups in total. The van der Waals surface area contributed by atoms with Crippen LogP contribution < -0.4 is 5.32 Å². The van der Waals surface area contributed by atoms with Gasteiger partial charge in [-0.05, 0) is 97.7 Å². The molecule has 3 saturated carbocycles. The normalized spacial score (nSPS) is 29.2. The SMILES string of the molecule is C[C@@H]1[C@@H](NC(=O)[C@@H]2[C@H]([C@H](C)O)[C@H](CO)ON2Cc2cccc(CN(Cc3cccc(O)c3)[C@H](CN(C)C)CC(C)(C)C)c2)C[C@H]2C[C@@H]1C2(C)C. The van der Waals surface area contributed by atoms with Crippen LogP contribution in [-0.2, 0) is 29.3 Å². The lowest BCUT2D eigenvalue weighted by Crippen LogP contribution is -2.62. The van der Waals surface area contributed by atoms with E-state index in [1.54, 1.807) is 18.1 Å². The van der Waals surface area contributed by atoms with Gasteiger partial charge in [0.25, 0.3) is 0 Å². The number of phenols is 1. The van der Waals surface area contributed by atoms with Crippen molar-refractivity contribution in [2.24, 2.45) is 34.5 Å². The maximum absolute atomic E-state index is 14.2. The van der Waals surface area contributed by atoms with Crippen LogP contribution in [0.1, 0.15) is 84.4 Å². The smallest absolute Gasteiger partial charge is 0.240 e. The van der Waals surface area contributed by atoms with Crippen molar-refractivity contribution in [3.8, 4) is 5.75 Å². The third-order valence-corrected chi connectivity index (χ3v) is 12.0. The van der Waals surface area contributed by atoms with Crippen molar-refractivity contribution in [2.45, 2.75) is 118 Å². The molecule has 50 heavy (non-hydrogen) atoms. The number of hydrogen-bond donors (Lipinski definition) is 4. The number of fused-ring (bicyclic) bond motifs is 2. The monoisotopic (exact) mass is 692 g/mol. The van der Waals surface area contributed by atoms with Crippen LogP contribution in [-0.4, -0.2) is 93.7 Å². The Morgan fingerprint density at radius 1 is 1.06 bits per heavy atom. The lowest BCUT2D eigenvalue weighted by atomic mass is 9.45. The quantitative estimate of drug-likeness (QED) is 0.208. The second kappa shape index (κ2) is 15.6. The Labute approximate surface area is 300 Å². The minimum atomic E-state index is -0.835. The molecule has 6 rings (SSSR count). The molecule has 9 atom stereocenters. The molecule has 1 aliphatic heterocycles. The summed E-state index contributed by atoms with van der Waals surface area (Å²) in [6, 6.07) is 15.6. The van der Waals surface area contributed by atoms with E-state index >= 15 is 0 Å². The maximum atomic E-state index is 14.2. The zero-order valence-electron chi connectivity index (χ0n) is 32.0. The molecule has 2 aromatic rings. The van der Waals surface area contributed by atoms with Gasteiger partial charge in [-0.3, -0.25) is 14.5 Å². The first-order valence-electron chi connectivity index (χ1n) is 18.7. The fourth-order valence-electron chi connectivity index (χ4n) is 9.37. The molecule has 3 aliphatic carbocycles. The summed E-state index contributed by atoms with van der Waals surface area (Å²) in [4.78, 5) is 25.2. The molecule has 0 unspecified atom stereocenters. The van der Waals surface area contributed by atoms with Gasteiger partial charge in [-0.1, -0.05) is 77.9 Å². The number of amides is 1. The van der Waals surface area contributed by atoms with Gasteiger partial charge < -0.3 is 25.5 Å². The molecule has 2 bridgehead atoms. The number of carbonyl (C=O) groups is 1. The van der Waals surface area contributed by atoms with E-state index in [1.807, 2.05) is 12.1 Å². The Bertz CT molecular complexity index is 1440. The fourth-order valence-corrected chi connectivity index (χ4v) is 9.37. The van der Waals surface area contributed by atoms with Crippen molar-refractivity contribution >= 4 is 5.91 Å². The Morgan fingerprint density at radius 3 is 2.26 bits per heavy atom. The van der Waals surface area contributed by atoms with Crippen LogP contribution in [0.2, 0.25) is 0 Å². The van der Waals surface area contributed by atoms with Gasteiger partial charge in [-0.25, -0.2) is 0 Å². The second-order valence-corrected chi connectivity index (χ2v) is 17.8. The van der Waals surface area contributed by atoms with Gasteiger partial charge in [-0.2, -0.15) is 5.06 Å². The van der Waals surface area contributed by atoms with Gasteiger partial charge in [0.1, 0.15) is 17.9 Å². The molecule has 2 aromatic carbocycles. The van der Waals surface area contributed by atoms with Gasteiger partial charge >= 0.3 is 0 Å². The zero-order chi connectivity index (χ0) is 36.5. The molecule has 1 saturated heterocycles. The number of likely N-dealkylation sites (N-methyl/N-ethyl adjacent to an activating group) is 1. The zero-order valence-corrected chi connectivity index (χ0v) is 32.0. The van der Waals surface area contributed by atoms with Crippen molar-refractivity contribution in [1.82, 2.24) is 20.2 Å². The van der Waals surface area contributed by atoms with Gasteiger partial charge in [0.05, 0.1) is 19.3 Å². The number of aliphatic hydroxyl groups is 2. The van der Waals surface area contributed by atoms with Crippen molar-refractivity contribution in [2.75, 3.05) is 27.2 Å². The van der Waals surface area contributed by atoms with E-state index in [4.69, 9.17) is 4.84 Å². The molecule has 0 spiro atoms. The summed E-state index contributed by atoms with van der Waals surface area (Å²) >= 11 is 0. The van der Waals surface area contributed by atoms with Crippen LogP contribution in [0.25, 0.3) is 0 Å². The topological polar surface area (TPSA) is 109 Å². The summed E-state index contributed by atoms with van der Waals surface area (Å²) in [6.45, 7) is 17.9. The number of nitrogens with zero attached hydrogens (tertiary/aromatic N) is 3. The Hall–Kier alpha value is -2.53. The molecule has 9 heteroatoms. The number of aromatic hydroxyl groups is 1. The highest BCUT2D eigenvalue weighted by Gasteiger charge is 2.57. The number of aliphatic hydroxyl groups excluding tert-OH is 2. The number of phenolic OH excluding ortho intramolecular Hbond substituents is 1. The van der Waals surface area contributed by atoms with E-state index in [0.29, 0.717) is 42.8 Å². The Kier molecular flexibility index (Phi) is 12.1. The third kappa shape index (κ3) is 8.91. The molecule has 1 heterocycles. The highest BCUT2D eigenvalue weighted by molar-refractivity contribution is 5.82. The van der Waals surface area contributed by atoms with Crippen LogP contribution in [0.5, 0.6) is 5.75 Å². The standard InChI is InChI=1S/C41H64N4O5/c1-26-34-18-31(41(34,6)7)19-35(26)42-39(49)38-37(27(2)47)36(25-46)50-45(38)23-29-13-10-12-28(16-29)21-44(22-30-14-11-15-33(48)17-30)32(24-43(8)9)20-40(3,4)5/h10-17,26-27,31-32,34-38,46-48H,18-25H2,1-9H3,(H,42,49)/t26-,27-,31+,32-,34-,35-,36-,37+,38-/m0/s1. The van der Waals surface area contributed by atoms with Crippen molar-refractivity contribution in [3.63, 3.8) is 0 Å². The first-order chi connectivity index (χ1) is 23.5. The van der Waals surface area contributed by atoms with Crippen LogP contribution in [0.4, 0.5) is 0 Å². The van der Waals surface area contributed by atoms with Crippen LogP contribution >= 0.6 is 0 Å². The fraction of sp³-hybridized carbons (Fsp3) is 0.683. The summed E-state index contributed by atoms with van der Waals surface area (Å²) in [6.07, 6.45) is 1.70. The lowest BCUT2D eigenvalue weighted by Gasteiger charge is -2.62. The summed E-state index contributed by atoms with van der Waals surface area (Å²) in [5.41, 5.74) is 3.64. The number of nitrogens with one attached hydrogen (secondary N) is 1. The number of carbonyl (C=O) groups excluding carboxylic acids is 1. The predicted molar refractivity (Wildman–Crippen MR) is 198 cm³/mol. The van der Waals surface area contributed by atoms with Crippen molar-refractivity contribution < 1.29 is 25.0 Å². The minimum absolute atomic E-state index is 0.0907. The molecule has 0 radical (unpaired) electrons. The van der Waals surface area contributed by atoms with E-state index in [9.17, 15) is 20.1 Å². The van der Waals surface area contributed by atoms with Crippen LogP contribution in [0, 0.1) is 34.5 Å². The van der Waals surface area contributed by atoms with Gasteiger partial charge in [0.2, 0.25) is 5.91 Å². The molecular weight excluding hydrogens is 628 g/mol. The highest BCUT2D eigenvalue weighted by atomic mass is 16.7. The molecular formula is C41H64N4O5. The number of rotatable bonds is 14. The lowest BCUT2D eigenvalue weighted by molar-refractivity contribution is -0.183. The predicted octanol–water partition coefficient (Wildman–Crippen LogP) is 5.42. The molecule has 4 aliphatic rings. The first kappa shape index (κ1) is 38.7. The van der Waals surface area contributed by atoms with E-state index < -0.39 is 24.2 Å². The molecule has 4 fully saturated rings. The second-order valence-electron chi connectivity index (χ2n) is 17.8. The van der Waals surface area contributed by atoms with E-state index in [-0.39, 0.29) is 35.8 Å².